The fourth-order valence-corrected chi connectivity index (χ4v) is 4.12. The molecule has 1 aromatic heterocycles. The van der Waals surface area contributed by atoms with Crippen molar-refractivity contribution in [3.05, 3.63) is 65.5 Å². The van der Waals surface area contributed by atoms with E-state index >= 15 is 0 Å². The quantitative estimate of drug-likeness (QED) is 0.822. The predicted octanol–water partition coefficient (Wildman–Crippen LogP) is 2.26. The zero-order chi connectivity index (χ0) is 17.7. The minimum absolute atomic E-state index is 0.0668. The molecule has 0 bridgehead atoms. The Labute approximate surface area is 148 Å². The van der Waals surface area contributed by atoms with Crippen molar-refractivity contribution in [2.24, 2.45) is 4.99 Å². The van der Waals surface area contributed by atoms with Crippen molar-refractivity contribution < 1.29 is 13.2 Å². The molecule has 1 atom stereocenters. The van der Waals surface area contributed by atoms with E-state index in [-0.39, 0.29) is 11.1 Å². The Bertz CT molecular complexity index is 851. The first kappa shape index (κ1) is 17.7. The molecule has 7 heteroatoms. The van der Waals surface area contributed by atoms with E-state index in [9.17, 15) is 8.42 Å². The summed E-state index contributed by atoms with van der Waals surface area (Å²) < 4.78 is 33.7. The lowest BCUT2D eigenvalue weighted by Gasteiger charge is -2.17. The van der Waals surface area contributed by atoms with Crippen LogP contribution in [0.2, 0.25) is 0 Å². The minimum atomic E-state index is -3.70. The molecule has 1 aliphatic rings. The van der Waals surface area contributed by atoms with E-state index in [1.54, 1.807) is 18.3 Å². The van der Waals surface area contributed by atoms with Crippen molar-refractivity contribution in [2.45, 2.75) is 32.5 Å². The number of aromatic nitrogens is 1. The number of pyridine rings is 1. The van der Waals surface area contributed by atoms with Crippen LogP contribution >= 0.6 is 0 Å². The maximum atomic E-state index is 12.7. The van der Waals surface area contributed by atoms with Gasteiger partial charge in [0.15, 0.2) is 5.04 Å². The molecule has 0 fully saturated rings. The highest BCUT2D eigenvalue weighted by Crippen LogP contribution is 2.19. The summed E-state index contributed by atoms with van der Waals surface area (Å²) in [7, 11) is -3.70. The molecular weight excluding hydrogens is 338 g/mol. The molecule has 132 valence electrons. The van der Waals surface area contributed by atoms with Crippen LogP contribution in [-0.2, 0) is 27.9 Å². The average Bonchev–Trinajstić information content (AvgIpc) is 3.07. The van der Waals surface area contributed by atoms with Gasteiger partial charge in [-0.1, -0.05) is 37.3 Å². The van der Waals surface area contributed by atoms with Gasteiger partial charge in [-0.05, 0) is 24.1 Å². The lowest BCUT2D eigenvalue weighted by Crippen LogP contribution is -2.41. The third-order valence-electron chi connectivity index (χ3n) is 3.99. The Kier molecular flexibility index (Phi) is 5.57. The molecule has 0 saturated heterocycles. The van der Waals surface area contributed by atoms with E-state index in [1.807, 2.05) is 37.3 Å². The largest absolute Gasteiger partial charge is 0.375 e. The summed E-state index contributed by atoms with van der Waals surface area (Å²) >= 11 is 0. The summed E-state index contributed by atoms with van der Waals surface area (Å²) in [5.41, 5.74) is 2.33. The summed E-state index contributed by atoms with van der Waals surface area (Å²) in [4.78, 5) is 8.33. The molecule has 2 aromatic rings. The Morgan fingerprint density at radius 3 is 2.76 bits per heavy atom. The molecule has 2 heterocycles. The van der Waals surface area contributed by atoms with Crippen LogP contribution in [0.4, 0.5) is 0 Å². The van der Waals surface area contributed by atoms with Crippen LogP contribution in [-0.4, -0.2) is 31.1 Å². The van der Waals surface area contributed by atoms with Crippen LogP contribution in [0.3, 0.4) is 0 Å². The van der Waals surface area contributed by atoms with Crippen molar-refractivity contribution in [1.29, 1.82) is 0 Å². The third kappa shape index (κ3) is 4.31. The number of hydrogen-bond acceptors (Lipinski definition) is 5. The van der Waals surface area contributed by atoms with E-state index < -0.39 is 10.0 Å². The van der Waals surface area contributed by atoms with Crippen molar-refractivity contribution in [3.63, 3.8) is 0 Å². The number of sulfonamides is 1. The number of nitrogens with one attached hydrogen (secondary N) is 1. The Morgan fingerprint density at radius 2 is 2.00 bits per heavy atom. The van der Waals surface area contributed by atoms with Crippen LogP contribution in [0.25, 0.3) is 0 Å². The molecule has 0 radical (unpaired) electrons. The van der Waals surface area contributed by atoms with Crippen molar-refractivity contribution in [2.75, 3.05) is 6.61 Å². The molecule has 0 amide bonds. The molecule has 0 unspecified atom stereocenters. The first-order valence-corrected chi connectivity index (χ1v) is 9.71. The van der Waals surface area contributed by atoms with Gasteiger partial charge in [0.25, 0.3) is 10.0 Å². The minimum Gasteiger partial charge on any atom is -0.375 e. The number of benzene rings is 1. The molecule has 0 aliphatic carbocycles. The summed E-state index contributed by atoms with van der Waals surface area (Å²) in [5, 5.41) is 0.0668. The van der Waals surface area contributed by atoms with Crippen LogP contribution in [0.5, 0.6) is 0 Å². The smallest absolute Gasteiger partial charge is 0.258 e. The van der Waals surface area contributed by atoms with Gasteiger partial charge in [0, 0.05) is 17.8 Å². The number of nitrogens with zero attached hydrogens (tertiary/aromatic N) is 2. The highest BCUT2D eigenvalue weighted by atomic mass is 32.2. The molecule has 1 N–H and O–H groups in total. The fraction of sp³-hybridized carbons (Fsp3) is 0.333. The summed E-state index contributed by atoms with van der Waals surface area (Å²) in [6, 6.07) is 12.9. The molecular formula is C18H21N3O3S. The van der Waals surface area contributed by atoms with E-state index in [0.29, 0.717) is 37.4 Å². The maximum absolute atomic E-state index is 12.7. The topological polar surface area (TPSA) is 80.6 Å². The highest BCUT2D eigenvalue weighted by Gasteiger charge is 2.29. The molecule has 25 heavy (non-hydrogen) atoms. The second-order valence-corrected chi connectivity index (χ2v) is 7.48. The van der Waals surface area contributed by atoms with Crippen LogP contribution in [0, 0.1) is 0 Å². The standard InChI is InChI=1S/C18H21N3O3S/c1-2-15(13-24-12-14-7-4-3-5-8-14)21-25(22,23)18-16-9-6-10-19-17(16)11-20-18/h3-10,15,21H,2,11-13H2,1H3/t15-/m1/s1. The van der Waals surface area contributed by atoms with Gasteiger partial charge in [-0.3, -0.25) is 9.98 Å². The first-order valence-electron chi connectivity index (χ1n) is 8.23. The summed E-state index contributed by atoms with van der Waals surface area (Å²) in [6.07, 6.45) is 2.27. The average molecular weight is 359 g/mol. The van der Waals surface area contributed by atoms with Crippen molar-refractivity contribution in [1.82, 2.24) is 9.71 Å². The van der Waals surface area contributed by atoms with Crippen LogP contribution in [0.1, 0.15) is 30.2 Å². The maximum Gasteiger partial charge on any atom is 0.258 e. The monoisotopic (exact) mass is 359 g/mol. The van der Waals surface area contributed by atoms with Gasteiger partial charge in [-0.25, -0.2) is 13.1 Å². The second-order valence-electron chi connectivity index (χ2n) is 5.85. The van der Waals surface area contributed by atoms with Crippen molar-refractivity contribution in [3.8, 4) is 0 Å². The SMILES string of the molecule is CC[C@H](COCc1ccccc1)NS(=O)(=O)C1=NCc2ncccc21. The third-order valence-corrected chi connectivity index (χ3v) is 5.49. The fourth-order valence-electron chi connectivity index (χ4n) is 2.62. The van der Waals surface area contributed by atoms with E-state index in [2.05, 4.69) is 14.7 Å². The van der Waals surface area contributed by atoms with E-state index in [0.717, 1.165) is 5.56 Å². The highest BCUT2D eigenvalue weighted by molar-refractivity contribution is 8.05. The van der Waals surface area contributed by atoms with Gasteiger partial charge in [-0.15, -0.1) is 0 Å². The lowest BCUT2D eigenvalue weighted by atomic mass is 10.2. The van der Waals surface area contributed by atoms with Gasteiger partial charge in [0.2, 0.25) is 0 Å². The van der Waals surface area contributed by atoms with Gasteiger partial charge in [-0.2, -0.15) is 0 Å². The van der Waals surface area contributed by atoms with Crippen molar-refractivity contribution >= 4 is 15.1 Å². The normalized spacial score (nSPS) is 14.8. The van der Waals surface area contributed by atoms with Crippen LogP contribution < -0.4 is 4.72 Å². The number of fused-ring (bicyclic) bond motifs is 1. The number of ether oxygens (including phenoxy) is 1. The number of aliphatic imine (C=N–C) groups is 1. The molecule has 6 nitrogen and oxygen atoms in total. The predicted molar refractivity (Wildman–Crippen MR) is 96.7 cm³/mol. The van der Waals surface area contributed by atoms with Gasteiger partial charge in [0.05, 0.1) is 25.5 Å². The molecule has 0 saturated carbocycles. The Morgan fingerprint density at radius 1 is 1.20 bits per heavy atom. The van der Waals surface area contributed by atoms with Gasteiger partial charge >= 0.3 is 0 Å². The zero-order valence-electron chi connectivity index (χ0n) is 14.1. The van der Waals surface area contributed by atoms with E-state index in [1.165, 1.54) is 0 Å². The molecule has 3 rings (SSSR count). The number of hydrogen-bond donors (Lipinski definition) is 1. The zero-order valence-corrected chi connectivity index (χ0v) is 14.9. The second kappa shape index (κ2) is 7.86. The molecule has 1 aliphatic heterocycles. The Hall–Kier alpha value is -2.09. The number of rotatable bonds is 7. The Balaban J connectivity index is 1.61. The first-order chi connectivity index (χ1) is 12.1. The lowest BCUT2D eigenvalue weighted by molar-refractivity contribution is 0.103. The summed E-state index contributed by atoms with van der Waals surface area (Å²) in [5.74, 6) is 0. The van der Waals surface area contributed by atoms with Gasteiger partial charge < -0.3 is 4.74 Å². The molecule has 0 spiro atoms. The molecule has 1 aromatic carbocycles. The van der Waals surface area contributed by atoms with Crippen LogP contribution in [0.15, 0.2) is 53.7 Å². The summed E-state index contributed by atoms with van der Waals surface area (Å²) in [6.45, 7) is 2.98. The van der Waals surface area contributed by atoms with E-state index in [4.69, 9.17) is 4.74 Å². The van der Waals surface area contributed by atoms with Gasteiger partial charge in [0.1, 0.15) is 0 Å².